The Kier molecular flexibility index (Phi) is 4.49. The Morgan fingerprint density at radius 2 is 1.89 bits per heavy atom. The number of aromatic nitrogens is 2. The number of pyridine rings is 1. The summed E-state index contributed by atoms with van der Waals surface area (Å²) >= 11 is 0. The zero-order valence-electron chi connectivity index (χ0n) is 14.4. The van der Waals surface area contributed by atoms with E-state index < -0.39 is 5.97 Å². The van der Waals surface area contributed by atoms with Crippen molar-refractivity contribution in [2.75, 3.05) is 6.61 Å². The van der Waals surface area contributed by atoms with Gasteiger partial charge < -0.3 is 9.72 Å². The first-order valence-electron chi connectivity index (χ1n) is 8.50. The first-order chi connectivity index (χ1) is 13.2. The molecule has 0 fully saturated rings. The number of fused-ring (bicyclic) bond motifs is 2. The SMILES string of the molecule is O=C(/C=C/c1cccc2cccnc12)OCC(=O)c1c[nH]c2ccccc12. The maximum absolute atomic E-state index is 12.3. The summed E-state index contributed by atoms with van der Waals surface area (Å²) in [5.41, 5.74) is 3.00. The summed E-state index contributed by atoms with van der Waals surface area (Å²) in [7, 11) is 0. The number of benzene rings is 2. The lowest BCUT2D eigenvalue weighted by Gasteiger charge is -2.02. The molecule has 0 bridgehead atoms. The highest BCUT2D eigenvalue weighted by Crippen LogP contribution is 2.19. The van der Waals surface area contributed by atoms with Crippen molar-refractivity contribution < 1.29 is 14.3 Å². The highest BCUT2D eigenvalue weighted by Gasteiger charge is 2.13. The topological polar surface area (TPSA) is 72.0 Å². The Labute approximate surface area is 155 Å². The molecule has 132 valence electrons. The fraction of sp³-hybridized carbons (Fsp3) is 0.0455. The van der Waals surface area contributed by atoms with E-state index in [1.165, 1.54) is 6.08 Å². The van der Waals surface area contributed by atoms with Crippen LogP contribution in [0.15, 0.2) is 73.1 Å². The maximum Gasteiger partial charge on any atom is 0.331 e. The molecular weight excluding hydrogens is 340 g/mol. The molecule has 1 N–H and O–H groups in total. The number of hydrogen-bond donors (Lipinski definition) is 1. The Bertz CT molecular complexity index is 1170. The molecule has 0 aliphatic carbocycles. The summed E-state index contributed by atoms with van der Waals surface area (Å²) in [6.45, 7) is -0.307. The summed E-state index contributed by atoms with van der Waals surface area (Å²) in [5.74, 6) is -0.822. The van der Waals surface area contributed by atoms with Crippen molar-refractivity contribution in [1.29, 1.82) is 0 Å². The molecule has 5 heteroatoms. The monoisotopic (exact) mass is 356 g/mol. The van der Waals surface area contributed by atoms with E-state index in [9.17, 15) is 9.59 Å². The second-order valence-corrected chi connectivity index (χ2v) is 6.03. The van der Waals surface area contributed by atoms with Crippen molar-refractivity contribution in [2.24, 2.45) is 0 Å². The van der Waals surface area contributed by atoms with Crippen LogP contribution in [0.4, 0.5) is 0 Å². The number of nitrogens with one attached hydrogen (secondary N) is 1. The van der Waals surface area contributed by atoms with Gasteiger partial charge in [0.15, 0.2) is 6.61 Å². The molecule has 2 aromatic heterocycles. The van der Waals surface area contributed by atoms with E-state index in [2.05, 4.69) is 9.97 Å². The Balaban J connectivity index is 1.43. The van der Waals surface area contributed by atoms with Gasteiger partial charge in [0.05, 0.1) is 5.52 Å². The highest BCUT2D eigenvalue weighted by atomic mass is 16.5. The third kappa shape index (κ3) is 3.48. The van der Waals surface area contributed by atoms with E-state index in [-0.39, 0.29) is 12.4 Å². The summed E-state index contributed by atoms with van der Waals surface area (Å²) in [4.78, 5) is 31.7. The molecule has 0 radical (unpaired) electrons. The third-order valence-corrected chi connectivity index (χ3v) is 4.30. The van der Waals surface area contributed by atoms with Crippen molar-refractivity contribution in [3.63, 3.8) is 0 Å². The van der Waals surface area contributed by atoms with E-state index in [1.807, 2.05) is 54.6 Å². The van der Waals surface area contributed by atoms with Crippen LogP contribution in [0.2, 0.25) is 0 Å². The average Bonchev–Trinajstić information content (AvgIpc) is 3.14. The van der Waals surface area contributed by atoms with Gasteiger partial charge in [-0.25, -0.2) is 4.79 Å². The molecule has 0 aliphatic heterocycles. The summed E-state index contributed by atoms with van der Waals surface area (Å²) in [6, 6.07) is 17.0. The molecule has 0 amide bonds. The number of Topliss-reactive ketones (excluding diaryl/α,β-unsaturated/α-hetero) is 1. The standard InChI is InChI=1S/C22H16N2O3/c25-20(18-13-24-19-9-2-1-8-17(18)19)14-27-21(26)11-10-16-6-3-5-15-7-4-12-23-22(15)16/h1-13,24H,14H2/b11-10+. The average molecular weight is 356 g/mol. The number of hydrogen-bond acceptors (Lipinski definition) is 4. The quantitative estimate of drug-likeness (QED) is 0.331. The van der Waals surface area contributed by atoms with Crippen LogP contribution in [-0.2, 0) is 9.53 Å². The zero-order valence-corrected chi connectivity index (χ0v) is 14.4. The molecule has 27 heavy (non-hydrogen) atoms. The molecular formula is C22H16N2O3. The Morgan fingerprint density at radius 1 is 1.04 bits per heavy atom. The van der Waals surface area contributed by atoms with E-state index in [0.717, 1.165) is 27.4 Å². The molecule has 5 nitrogen and oxygen atoms in total. The number of rotatable bonds is 5. The van der Waals surface area contributed by atoms with Crippen molar-refractivity contribution >= 4 is 39.6 Å². The Hall–Kier alpha value is -3.73. The number of ketones is 1. The van der Waals surface area contributed by atoms with Crippen LogP contribution in [0.3, 0.4) is 0 Å². The van der Waals surface area contributed by atoms with Crippen LogP contribution in [0.25, 0.3) is 27.9 Å². The molecule has 4 rings (SSSR count). The first kappa shape index (κ1) is 16.7. The lowest BCUT2D eigenvalue weighted by Crippen LogP contribution is -2.12. The number of H-pyrrole nitrogens is 1. The number of nitrogens with zero attached hydrogens (tertiary/aromatic N) is 1. The summed E-state index contributed by atoms with van der Waals surface area (Å²) in [6.07, 6.45) is 6.30. The Morgan fingerprint density at radius 3 is 2.81 bits per heavy atom. The molecule has 0 saturated heterocycles. The van der Waals surface area contributed by atoms with Crippen LogP contribution in [0, 0.1) is 0 Å². The number of esters is 1. The van der Waals surface area contributed by atoms with E-state index in [4.69, 9.17) is 4.74 Å². The number of ether oxygens (including phenoxy) is 1. The van der Waals surface area contributed by atoms with Crippen molar-refractivity contribution in [3.05, 3.63) is 84.2 Å². The largest absolute Gasteiger partial charge is 0.454 e. The molecule has 0 aliphatic rings. The molecule has 2 aromatic carbocycles. The van der Waals surface area contributed by atoms with E-state index in [0.29, 0.717) is 5.56 Å². The van der Waals surface area contributed by atoms with Gasteiger partial charge in [0.1, 0.15) is 0 Å². The summed E-state index contributed by atoms with van der Waals surface area (Å²) in [5, 5.41) is 1.80. The predicted octanol–water partition coefficient (Wildman–Crippen LogP) is 4.16. The van der Waals surface area contributed by atoms with E-state index in [1.54, 1.807) is 18.5 Å². The van der Waals surface area contributed by atoms with Crippen LogP contribution in [0.1, 0.15) is 15.9 Å². The van der Waals surface area contributed by atoms with Gasteiger partial charge in [-0.15, -0.1) is 0 Å². The van der Waals surface area contributed by atoms with Crippen LogP contribution >= 0.6 is 0 Å². The van der Waals surface area contributed by atoms with Crippen LogP contribution in [-0.4, -0.2) is 28.3 Å². The second kappa shape index (κ2) is 7.25. The smallest absolute Gasteiger partial charge is 0.331 e. The summed E-state index contributed by atoms with van der Waals surface area (Å²) < 4.78 is 5.10. The minimum atomic E-state index is -0.573. The molecule has 0 unspecified atom stereocenters. The fourth-order valence-corrected chi connectivity index (χ4v) is 2.98. The van der Waals surface area contributed by atoms with Gasteiger partial charge in [-0.05, 0) is 18.2 Å². The van der Waals surface area contributed by atoms with Crippen LogP contribution < -0.4 is 0 Å². The van der Waals surface area contributed by atoms with Crippen LogP contribution in [0.5, 0.6) is 0 Å². The van der Waals surface area contributed by atoms with Crippen molar-refractivity contribution in [2.45, 2.75) is 0 Å². The first-order valence-corrected chi connectivity index (χ1v) is 8.50. The van der Waals surface area contributed by atoms with Gasteiger partial charge in [-0.1, -0.05) is 42.5 Å². The van der Waals surface area contributed by atoms with Gasteiger partial charge in [0.25, 0.3) is 0 Å². The number of para-hydroxylation sites is 2. The number of carbonyl (C=O) groups excluding carboxylic acids is 2. The van der Waals surface area contributed by atoms with E-state index >= 15 is 0 Å². The highest BCUT2D eigenvalue weighted by molar-refractivity contribution is 6.09. The molecule has 0 saturated carbocycles. The van der Waals surface area contributed by atoms with Gasteiger partial charge >= 0.3 is 5.97 Å². The van der Waals surface area contributed by atoms with Gasteiger partial charge in [-0.3, -0.25) is 9.78 Å². The van der Waals surface area contributed by atoms with Gasteiger partial charge in [0, 0.05) is 45.9 Å². The third-order valence-electron chi connectivity index (χ3n) is 4.30. The lowest BCUT2D eigenvalue weighted by atomic mass is 10.1. The number of aromatic amines is 1. The normalized spacial score (nSPS) is 11.3. The van der Waals surface area contributed by atoms with Crippen molar-refractivity contribution in [1.82, 2.24) is 9.97 Å². The maximum atomic E-state index is 12.3. The molecule has 4 aromatic rings. The zero-order chi connectivity index (χ0) is 18.6. The van der Waals surface area contributed by atoms with Gasteiger partial charge in [0.2, 0.25) is 5.78 Å². The minimum absolute atomic E-state index is 0.249. The molecule has 0 atom stereocenters. The predicted molar refractivity (Wildman–Crippen MR) is 104 cm³/mol. The second-order valence-electron chi connectivity index (χ2n) is 6.03. The molecule has 0 spiro atoms. The lowest BCUT2D eigenvalue weighted by molar-refractivity contribution is -0.136. The molecule has 2 heterocycles. The fourth-order valence-electron chi connectivity index (χ4n) is 2.98. The van der Waals surface area contributed by atoms with Gasteiger partial charge in [-0.2, -0.15) is 0 Å². The van der Waals surface area contributed by atoms with Crippen molar-refractivity contribution in [3.8, 4) is 0 Å². The number of carbonyl (C=O) groups is 2. The minimum Gasteiger partial charge on any atom is -0.454 e.